The van der Waals surface area contributed by atoms with Crippen LogP contribution < -0.4 is 26.6 Å². The van der Waals surface area contributed by atoms with Crippen molar-refractivity contribution < 1.29 is 38.4 Å². The highest BCUT2D eigenvalue weighted by Gasteiger charge is 2.42. The van der Waals surface area contributed by atoms with E-state index in [0.717, 1.165) is 61.4 Å². The molecule has 3 heterocycles. The average molecular weight is 820 g/mol. The number of nitrogens with zero attached hydrogens (tertiary/aromatic N) is 4. The number of carbonyl (C=O) groups excluding carboxylic acids is 2. The molecule has 2 aliphatic heterocycles. The monoisotopic (exact) mass is 819 g/mol. The van der Waals surface area contributed by atoms with Gasteiger partial charge in [0, 0.05) is 55.0 Å². The fourth-order valence-electron chi connectivity index (χ4n) is 6.34. The zero-order chi connectivity index (χ0) is 40.5. The number of rotatable bonds is 32. The maximum absolute atomic E-state index is 12.4. The number of unbranched alkanes of at least 4 members (excludes halogenated alkanes) is 1. The van der Waals surface area contributed by atoms with Crippen molar-refractivity contribution in [1.29, 1.82) is 0 Å². The standard InChI is InChI=1S/C39H65N9O8S/c1-30(6-4-5-7-36-37-35(29-57-36)43-39(51)44-37)40-14-16-52-18-20-54-22-24-56-25-23-55-21-19-53-17-15-48-28-32(45-46-48)12-13-41-38(50)42-27-33(47(2)3)26-31-8-10-34(49)11-9-31/h8-11,28,33,35-37,40,49H,1,4-7,12-27,29H2,2-3H3,(H2,41,42,50)(H2,43,44,51)/t33-,35-,36-,37-/m0/s1. The van der Waals surface area contributed by atoms with Gasteiger partial charge in [0.05, 0.1) is 90.4 Å². The Morgan fingerprint density at radius 3 is 2.28 bits per heavy atom. The van der Waals surface area contributed by atoms with Crippen LogP contribution in [0.4, 0.5) is 9.59 Å². The molecule has 1 aromatic heterocycles. The molecule has 2 aromatic rings. The van der Waals surface area contributed by atoms with Gasteiger partial charge in [-0.05, 0) is 57.5 Å². The highest BCUT2D eigenvalue weighted by Crippen LogP contribution is 2.33. The van der Waals surface area contributed by atoms with Crippen LogP contribution in [0, 0.1) is 0 Å². The van der Waals surface area contributed by atoms with Gasteiger partial charge in [-0.25, -0.2) is 14.3 Å². The van der Waals surface area contributed by atoms with E-state index in [1.54, 1.807) is 16.8 Å². The topological polar surface area (TPSA) is 195 Å². The molecular weight excluding hydrogens is 755 g/mol. The van der Waals surface area contributed by atoms with Crippen molar-refractivity contribution in [3.8, 4) is 5.75 Å². The molecule has 0 aliphatic carbocycles. The SMILES string of the molecule is C=C(CCCC[C@@H]1SC[C@@H]2NC(=O)N[C@@H]21)NCCOCCOCCOCCOCCOCCn1cc(CCNC(=O)NC[C@H](Cc2ccc(O)cc2)N(C)C)nn1. The first-order chi connectivity index (χ1) is 27.8. The predicted octanol–water partition coefficient (Wildman–Crippen LogP) is 1.91. The van der Waals surface area contributed by atoms with Gasteiger partial charge in [0.15, 0.2) is 0 Å². The summed E-state index contributed by atoms with van der Waals surface area (Å²) in [4.78, 5) is 25.9. The Morgan fingerprint density at radius 1 is 0.930 bits per heavy atom. The van der Waals surface area contributed by atoms with Crippen LogP contribution in [0.5, 0.6) is 5.75 Å². The summed E-state index contributed by atoms with van der Waals surface area (Å²) in [5.74, 6) is 1.24. The fraction of sp³-hybridized carbons (Fsp3) is 0.692. The van der Waals surface area contributed by atoms with Crippen molar-refractivity contribution in [2.24, 2.45) is 0 Å². The molecule has 4 atom stereocenters. The number of ether oxygens (including phenoxy) is 5. The first-order valence-electron chi connectivity index (χ1n) is 20.1. The third-order valence-corrected chi connectivity index (χ3v) is 11.1. The van der Waals surface area contributed by atoms with E-state index in [1.807, 2.05) is 44.2 Å². The van der Waals surface area contributed by atoms with Gasteiger partial charge in [-0.1, -0.05) is 30.3 Å². The van der Waals surface area contributed by atoms with Gasteiger partial charge >= 0.3 is 12.1 Å². The maximum Gasteiger partial charge on any atom is 0.315 e. The van der Waals surface area contributed by atoms with E-state index >= 15 is 0 Å². The molecule has 17 nitrogen and oxygen atoms in total. The lowest BCUT2D eigenvalue weighted by atomic mass is 10.0. The molecule has 0 radical (unpaired) electrons. The number of fused-ring (bicyclic) bond motifs is 1. The normalized spacial score (nSPS) is 17.9. The Kier molecular flexibility index (Phi) is 21.9. The van der Waals surface area contributed by atoms with Crippen LogP contribution in [0.25, 0.3) is 0 Å². The van der Waals surface area contributed by atoms with Crippen LogP contribution in [-0.4, -0.2) is 166 Å². The fourth-order valence-corrected chi connectivity index (χ4v) is 7.88. The van der Waals surface area contributed by atoms with Crippen LogP contribution in [-0.2, 0) is 43.1 Å². The lowest BCUT2D eigenvalue weighted by Crippen LogP contribution is -2.45. The molecule has 4 rings (SSSR count). The highest BCUT2D eigenvalue weighted by molar-refractivity contribution is 8.00. The molecule has 6 N–H and O–H groups in total. The molecule has 2 fully saturated rings. The second kappa shape index (κ2) is 27.1. The summed E-state index contributed by atoms with van der Waals surface area (Å²) in [6.07, 6.45) is 7.45. The second-order valence-electron chi connectivity index (χ2n) is 14.3. The summed E-state index contributed by atoms with van der Waals surface area (Å²) in [5.41, 5.74) is 2.92. The third-order valence-electron chi connectivity index (χ3n) is 9.62. The summed E-state index contributed by atoms with van der Waals surface area (Å²) >= 11 is 1.96. The van der Waals surface area contributed by atoms with Crippen molar-refractivity contribution in [3.63, 3.8) is 0 Å². The summed E-state index contributed by atoms with van der Waals surface area (Å²) in [5, 5.41) is 33.5. The number of phenols is 1. The largest absolute Gasteiger partial charge is 0.508 e. The Labute approximate surface area is 341 Å². The molecule has 18 heteroatoms. The Bertz CT molecular complexity index is 1440. The smallest absolute Gasteiger partial charge is 0.315 e. The number of nitrogens with one attached hydrogen (secondary N) is 5. The maximum atomic E-state index is 12.4. The molecule has 320 valence electrons. The number of urea groups is 2. The molecule has 57 heavy (non-hydrogen) atoms. The molecule has 0 bridgehead atoms. The molecule has 2 saturated heterocycles. The molecule has 0 unspecified atom stereocenters. The van der Waals surface area contributed by atoms with E-state index < -0.39 is 0 Å². The number of aromatic nitrogens is 3. The third kappa shape index (κ3) is 19.1. The zero-order valence-corrected chi connectivity index (χ0v) is 34.6. The first kappa shape index (κ1) is 46.0. The van der Waals surface area contributed by atoms with Crippen molar-refractivity contribution in [1.82, 2.24) is 46.5 Å². The number of phenolic OH excluding ortho intramolecular Hbond substituents is 1. The minimum atomic E-state index is -0.229. The number of hydrogen-bond acceptors (Lipinski definition) is 13. The Hall–Kier alpha value is -3.65. The molecule has 0 saturated carbocycles. The average Bonchev–Trinajstić information content (AvgIpc) is 3.91. The van der Waals surface area contributed by atoms with Crippen molar-refractivity contribution in [3.05, 3.63) is 54.0 Å². The van der Waals surface area contributed by atoms with Crippen LogP contribution in [0.1, 0.15) is 36.9 Å². The van der Waals surface area contributed by atoms with Gasteiger partial charge in [0.1, 0.15) is 5.75 Å². The molecule has 1 aromatic carbocycles. The van der Waals surface area contributed by atoms with Gasteiger partial charge in [-0.15, -0.1) is 5.10 Å². The minimum absolute atomic E-state index is 0.0244. The number of carbonyl (C=O) groups is 2. The molecule has 4 amide bonds. The quantitative estimate of drug-likeness (QED) is 0.0464. The van der Waals surface area contributed by atoms with Crippen LogP contribution in [0.3, 0.4) is 0 Å². The number of hydrogen-bond donors (Lipinski definition) is 6. The zero-order valence-electron chi connectivity index (χ0n) is 33.8. The number of allylic oxidation sites excluding steroid dienone is 1. The van der Waals surface area contributed by atoms with Gasteiger partial charge < -0.3 is 60.3 Å². The summed E-state index contributed by atoms with van der Waals surface area (Å²) in [7, 11) is 3.96. The van der Waals surface area contributed by atoms with Crippen molar-refractivity contribution in [2.45, 2.75) is 68.4 Å². The summed E-state index contributed by atoms with van der Waals surface area (Å²) in [6, 6.07) is 7.56. The van der Waals surface area contributed by atoms with E-state index in [9.17, 15) is 14.7 Å². The van der Waals surface area contributed by atoms with Crippen LogP contribution in [0.15, 0.2) is 42.7 Å². The number of benzene rings is 1. The molecule has 2 aliphatic rings. The van der Waals surface area contributed by atoms with E-state index in [0.29, 0.717) is 97.4 Å². The summed E-state index contributed by atoms with van der Waals surface area (Å²) < 4.78 is 29.7. The minimum Gasteiger partial charge on any atom is -0.508 e. The lowest BCUT2D eigenvalue weighted by molar-refractivity contribution is -0.0113. The van der Waals surface area contributed by atoms with Gasteiger partial charge in [0.2, 0.25) is 0 Å². The highest BCUT2D eigenvalue weighted by atomic mass is 32.2. The lowest BCUT2D eigenvalue weighted by Gasteiger charge is -2.25. The predicted molar refractivity (Wildman–Crippen MR) is 220 cm³/mol. The number of aromatic hydroxyl groups is 1. The van der Waals surface area contributed by atoms with Crippen molar-refractivity contribution >= 4 is 23.8 Å². The van der Waals surface area contributed by atoms with Gasteiger partial charge in [0.25, 0.3) is 0 Å². The Morgan fingerprint density at radius 2 is 1.60 bits per heavy atom. The molecular formula is C39H65N9O8S. The van der Waals surface area contributed by atoms with Gasteiger partial charge in [-0.2, -0.15) is 11.8 Å². The van der Waals surface area contributed by atoms with E-state index in [2.05, 4.69) is 48.4 Å². The van der Waals surface area contributed by atoms with Crippen molar-refractivity contribution in [2.75, 3.05) is 106 Å². The van der Waals surface area contributed by atoms with Crippen LogP contribution in [0.2, 0.25) is 0 Å². The summed E-state index contributed by atoms with van der Waals surface area (Å²) in [6.45, 7) is 11.4. The molecule has 0 spiro atoms. The van der Waals surface area contributed by atoms with E-state index in [1.165, 1.54) is 0 Å². The van der Waals surface area contributed by atoms with Gasteiger partial charge in [-0.3, -0.25) is 0 Å². The van der Waals surface area contributed by atoms with Crippen LogP contribution >= 0.6 is 11.8 Å². The second-order valence-corrected chi connectivity index (χ2v) is 15.6. The van der Waals surface area contributed by atoms with E-state index in [-0.39, 0.29) is 35.9 Å². The Balaban J connectivity index is 0.849. The first-order valence-corrected chi connectivity index (χ1v) is 21.2. The number of likely N-dealkylation sites (N-methyl/N-ethyl adjacent to an activating group) is 1. The number of thioether (sulfide) groups is 1. The van der Waals surface area contributed by atoms with E-state index in [4.69, 9.17) is 23.7 Å². The number of amides is 4.